The van der Waals surface area contributed by atoms with Gasteiger partial charge < -0.3 is 10.6 Å². The van der Waals surface area contributed by atoms with Crippen molar-refractivity contribution < 1.29 is 14.6 Å². The van der Waals surface area contributed by atoms with Crippen molar-refractivity contribution in [2.45, 2.75) is 51.4 Å². The highest BCUT2D eigenvalue weighted by molar-refractivity contribution is 5.83. The minimum absolute atomic E-state index is 0.0170. The monoisotopic (exact) mass is 333 g/mol. The summed E-state index contributed by atoms with van der Waals surface area (Å²) < 4.78 is 0. The van der Waals surface area contributed by atoms with Gasteiger partial charge in [0.25, 0.3) is 5.69 Å². The molecule has 7 heteroatoms. The van der Waals surface area contributed by atoms with Crippen LogP contribution in [0.3, 0.4) is 0 Å². The molecule has 130 valence electrons. The maximum absolute atomic E-state index is 11.7. The van der Waals surface area contributed by atoms with E-state index in [0.29, 0.717) is 12.3 Å². The summed E-state index contributed by atoms with van der Waals surface area (Å²) in [6.45, 7) is 0. The molecule has 2 N–H and O–H groups in total. The molecule has 1 aliphatic rings. The quantitative estimate of drug-likeness (QED) is 0.271. The maximum Gasteiger partial charge on any atom is 0.335 e. The molecule has 1 saturated carbocycles. The molecule has 1 aromatic carbocycles. The van der Waals surface area contributed by atoms with Crippen LogP contribution in [-0.2, 0) is 16.1 Å². The number of carbonyl (C=O) groups excluding carboxylic acids is 1. The molecule has 0 heterocycles. The lowest BCUT2D eigenvalue weighted by Gasteiger charge is -2.20. The molecule has 0 amide bonds. The molecular weight excluding hydrogens is 310 g/mol. The Morgan fingerprint density at radius 3 is 2.54 bits per heavy atom. The Labute approximate surface area is 141 Å². The van der Waals surface area contributed by atoms with Crippen molar-refractivity contribution in [1.29, 1.82) is 0 Å². The number of nitrogens with two attached hydrogens (primary N) is 1. The Morgan fingerprint density at radius 2 is 1.92 bits per heavy atom. The lowest BCUT2D eigenvalue weighted by molar-refractivity contribution is -0.384. The first-order valence-corrected chi connectivity index (χ1v) is 8.30. The van der Waals surface area contributed by atoms with Gasteiger partial charge in [-0.05, 0) is 17.9 Å². The van der Waals surface area contributed by atoms with Crippen LogP contribution in [0.5, 0.6) is 0 Å². The van der Waals surface area contributed by atoms with Crippen LogP contribution in [0.4, 0.5) is 5.69 Å². The van der Waals surface area contributed by atoms with Crippen LogP contribution in [0.25, 0.3) is 0 Å². The van der Waals surface area contributed by atoms with Gasteiger partial charge in [0.1, 0.15) is 5.84 Å². The van der Waals surface area contributed by atoms with Crippen molar-refractivity contribution in [2.75, 3.05) is 0 Å². The topological polar surface area (TPSA) is 108 Å². The van der Waals surface area contributed by atoms with Gasteiger partial charge in [-0.3, -0.25) is 10.1 Å². The molecule has 24 heavy (non-hydrogen) atoms. The molecule has 7 nitrogen and oxygen atoms in total. The van der Waals surface area contributed by atoms with Crippen molar-refractivity contribution >= 4 is 17.5 Å². The maximum atomic E-state index is 11.7. The third-order valence-electron chi connectivity index (χ3n) is 4.28. The molecule has 1 aliphatic carbocycles. The van der Waals surface area contributed by atoms with Gasteiger partial charge in [0, 0.05) is 25.0 Å². The van der Waals surface area contributed by atoms with E-state index in [1.165, 1.54) is 44.2 Å². The van der Waals surface area contributed by atoms with E-state index in [1.54, 1.807) is 12.1 Å². The SMILES string of the molecule is N/C(Cc1ccc([N+](=O)[O-])cc1)=N\OC(=O)CCC1CCCCC1. The fourth-order valence-electron chi connectivity index (χ4n) is 2.93. The summed E-state index contributed by atoms with van der Waals surface area (Å²) in [5, 5.41) is 14.2. The predicted molar refractivity (Wildman–Crippen MR) is 90.3 cm³/mol. The number of non-ortho nitro benzene ring substituents is 1. The zero-order valence-electron chi connectivity index (χ0n) is 13.6. The number of benzene rings is 1. The van der Waals surface area contributed by atoms with E-state index in [0.717, 1.165) is 12.0 Å². The Balaban J connectivity index is 1.73. The van der Waals surface area contributed by atoms with Gasteiger partial charge in [-0.2, -0.15) is 0 Å². The number of rotatable bonds is 7. The molecule has 2 rings (SSSR count). The average molecular weight is 333 g/mol. The second kappa shape index (κ2) is 9.00. The van der Waals surface area contributed by atoms with Crippen LogP contribution >= 0.6 is 0 Å². The number of nitrogens with zero attached hydrogens (tertiary/aromatic N) is 2. The first-order chi connectivity index (χ1) is 11.5. The Morgan fingerprint density at radius 1 is 1.25 bits per heavy atom. The average Bonchev–Trinajstić information content (AvgIpc) is 2.59. The molecule has 1 fully saturated rings. The summed E-state index contributed by atoms with van der Waals surface area (Å²) in [5.74, 6) is 0.412. The number of nitro groups is 1. The summed E-state index contributed by atoms with van der Waals surface area (Å²) in [5.41, 5.74) is 6.51. The molecule has 0 spiro atoms. The summed E-state index contributed by atoms with van der Waals surface area (Å²) >= 11 is 0. The molecule has 0 radical (unpaired) electrons. The Bertz CT molecular complexity index is 592. The van der Waals surface area contributed by atoms with Crippen LogP contribution in [0.1, 0.15) is 50.5 Å². The fourth-order valence-corrected chi connectivity index (χ4v) is 2.93. The molecular formula is C17H23N3O4. The lowest BCUT2D eigenvalue weighted by atomic mass is 9.86. The summed E-state index contributed by atoms with van der Waals surface area (Å²) in [7, 11) is 0. The van der Waals surface area contributed by atoms with Gasteiger partial charge in [-0.1, -0.05) is 49.4 Å². The van der Waals surface area contributed by atoms with E-state index in [2.05, 4.69) is 5.16 Å². The van der Waals surface area contributed by atoms with Gasteiger partial charge in [-0.15, -0.1) is 0 Å². The third-order valence-corrected chi connectivity index (χ3v) is 4.28. The number of nitro benzene ring substituents is 1. The number of oxime groups is 1. The highest BCUT2D eigenvalue weighted by Crippen LogP contribution is 2.27. The molecule has 0 saturated heterocycles. The van der Waals surface area contributed by atoms with E-state index < -0.39 is 4.92 Å². The zero-order valence-corrected chi connectivity index (χ0v) is 13.6. The molecule has 0 unspecified atom stereocenters. The van der Waals surface area contributed by atoms with Crippen molar-refractivity contribution in [3.05, 3.63) is 39.9 Å². The van der Waals surface area contributed by atoms with Crippen molar-refractivity contribution in [3.8, 4) is 0 Å². The lowest BCUT2D eigenvalue weighted by Crippen LogP contribution is -2.17. The van der Waals surface area contributed by atoms with E-state index in [4.69, 9.17) is 10.6 Å². The molecule has 0 aliphatic heterocycles. The Hall–Kier alpha value is -2.44. The standard InChI is InChI=1S/C17H23N3O4/c18-16(12-14-6-9-15(10-7-14)20(22)23)19-24-17(21)11-8-13-4-2-1-3-5-13/h6-7,9-10,13H,1-5,8,11-12H2,(H2,18,19). The number of carbonyl (C=O) groups is 1. The number of hydrogen-bond donors (Lipinski definition) is 1. The number of amidine groups is 1. The van der Waals surface area contributed by atoms with Gasteiger partial charge in [0.2, 0.25) is 0 Å². The van der Waals surface area contributed by atoms with E-state index in [-0.39, 0.29) is 23.9 Å². The van der Waals surface area contributed by atoms with E-state index in [9.17, 15) is 14.9 Å². The minimum atomic E-state index is -0.463. The van der Waals surface area contributed by atoms with Gasteiger partial charge in [0.15, 0.2) is 0 Å². The largest absolute Gasteiger partial charge is 0.384 e. The van der Waals surface area contributed by atoms with Crippen LogP contribution in [0, 0.1) is 16.0 Å². The minimum Gasteiger partial charge on any atom is -0.384 e. The first kappa shape index (κ1) is 17.9. The second-order valence-electron chi connectivity index (χ2n) is 6.19. The first-order valence-electron chi connectivity index (χ1n) is 8.30. The summed E-state index contributed by atoms with van der Waals surface area (Å²) in [4.78, 5) is 26.7. The molecule has 0 atom stereocenters. The van der Waals surface area contributed by atoms with Crippen LogP contribution in [0.15, 0.2) is 29.4 Å². The summed E-state index contributed by atoms with van der Waals surface area (Å²) in [6.07, 6.45) is 7.66. The van der Waals surface area contributed by atoms with Gasteiger partial charge >= 0.3 is 5.97 Å². The summed E-state index contributed by atoms with van der Waals surface area (Å²) in [6, 6.07) is 6.01. The smallest absolute Gasteiger partial charge is 0.335 e. The third kappa shape index (κ3) is 5.98. The van der Waals surface area contributed by atoms with Gasteiger partial charge in [0.05, 0.1) is 4.92 Å². The number of hydrogen-bond acceptors (Lipinski definition) is 5. The van der Waals surface area contributed by atoms with Gasteiger partial charge in [-0.25, -0.2) is 4.79 Å². The van der Waals surface area contributed by atoms with Crippen molar-refractivity contribution in [1.82, 2.24) is 0 Å². The van der Waals surface area contributed by atoms with Crippen LogP contribution in [-0.4, -0.2) is 16.7 Å². The van der Waals surface area contributed by atoms with Crippen molar-refractivity contribution in [3.63, 3.8) is 0 Å². The van der Waals surface area contributed by atoms with Crippen molar-refractivity contribution in [2.24, 2.45) is 16.8 Å². The van der Waals surface area contributed by atoms with Crippen LogP contribution in [0.2, 0.25) is 0 Å². The zero-order chi connectivity index (χ0) is 17.4. The molecule has 1 aromatic rings. The van der Waals surface area contributed by atoms with Crippen LogP contribution < -0.4 is 5.73 Å². The molecule has 0 bridgehead atoms. The normalized spacial score (nSPS) is 15.9. The molecule has 0 aromatic heterocycles. The highest BCUT2D eigenvalue weighted by atomic mass is 16.7. The van der Waals surface area contributed by atoms with E-state index >= 15 is 0 Å². The Kier molecular flexibility index (Phi) is 6.72. The van der Waals surface area contributed by atoms with E-state index in [1.807, 2.05) is 0 Å². The predicted octanol–water partition coefficient (Wildman–Crippen LogP) is 3.31. The second-order valence-corrected chi connectivity index (χ2v) is 6.19. The fraction of sp³-hybridized carbons (Fsp3) is 0.529. The highest BCUT2D eigenvalue weighted by Gasteiger charge is 2.15.